The molecule has 0 amide bonds. The van der Waals surface area contributed by atoms with Crippen LogP contribution < -0.4 is 0 Å². The van der Waals surface area contributed by atoms with Crippen molar-refractivity contribution in [3.05, 3.63) is 0 Å². The molecule has 0 N–H and O–H groups in total. The molecular weight excluding hydrogens is 208 g/mol. The molecule has 0 rings (SSSR count). The number of carbonyl (C=O) groups excluding carboxylic acids is 1. The summed E-state index contributed by atoms with van der Waals surface area (Å²) in [5.41, 5.74) is 0. The van der Waals surface area contributed by atoms with Gasteiger partial charge in [-0.1, -0.05) is 39.0 Å². The minimum Gasteiger partial charge on any atom is -0.466 e. The van der Waals surface area contributed by atoms with Gasteiger partial charge in [0, 0.05) is 12.2 Å². The minimum absolute atomic E-state index is 0.196. The third-order valence-corrected chi connectivity index (χ3v) is 2.91. The quantitative estimate of drug-likeness (QED) is 0.373. The highest BCUT2D eigenvalue weighted by Crippen LogP contribution is 2.13. The molecule has 0 saturated heterocycles. The molecule has 0 saturated carbocycles. The highest BCUT2D eigenvalue weighted by molar-refractivity contribution is 7.80. The predicted molar refractivity (Wildman–Crippen MR) is 67.4 cm³/mol. The summed E-state index contributed by atoms with van der Waals surface area (Å²) in [7, 11) is 0. The van der Waals surface area contributed by atoms with Gasteiger partial charge in [-0.05, 0) is 12.8 Å². The molecule has 15 heavy (non-hydrogen) atoms. The smallest absolute Gasteiger partial charge is 0.302 e. The van der Waals surface area contributed by atoms with Gasteiger partial charge in [-0.3, -0.25) is 4.79 Å². The van der Waals surface area contributed by atoms with Gasteiger partial charge in [0.2, 0.25) is 0 Å². The molecule has 0 fully saturated rings. The second-order valence-corrected chi connectivity index (χ2v) is 4.72. The average molecular weight is 232 g/mol. The van der Waals surface area contributed by atoms with Crippen LogP contribution in [0.15, 0.2) is 0 Å². The molecule has 0 bridgehead atoms. The lowest BCUT2D eigenvalue weighted by Gasteiger charge is -2.09. The predicted octanol–water partition coefficient (Wildman–Crippen LogP) is 3.60. The van der Waals surface area contributed by atoms with Crippen molar-refractivity contribution in [1.82, 2.24) is 0 Å². The first-order valence-corrected chi connectivity index (χ1v) is 6.50. The molecular formula is C12H24O2S. The summed E-state index contributed by atoms with van der Waals surface area (Å²) < 4.78 is 4.87. The fourth-order valence-corrected chi connectivity index (χ4v) is 1.75. The van der Waals surface area contributed by atoms with Crippen LogP contribution in [0, 0.1) is 0 Å². The van der Waals surface area contributed by atoms with Crippen molar-refractivity contribution in [3.8, 4) is 0 Å². The van der Waals surface area contributed by atoms with Gasteiger partial charge < -0.3 is 4.74 Å². The van der Waals surface area contributed by atoms with E-state index in [1.165, 1.54) is 39.0 Å². The number of thiol groups is 1. The van der Waals surface area contributed by atoms with Gasteiger partial charge in [-0.15, -0.1) is 0 Å². The molecule has 2 nitrogen and oxygen atoms in total. The van der Waals surface area contributed by atoms with Crippen LogP contribution in [0.4, 0.5) is 0 Å². The summed E-state index contributed by atoms with van der Waals surface area (Å²) in [4.78, 5) is 10.5. The molecule has 0 heterocycles. The lowest BCUT2D eigenvalue weighted by molar-refractivity contribution is -0.141. The maximum absolute atomic E-state index is 10.5. The van der Waals surface area contributed by atoms with Crippen molar-refractivity contribution < 1.29 is 9.53 Å². The van der Waals surface area contributed by atoms with E-state index in [0.717, 1.165) is 12.8 Å². The van der Waals surface area contributed by atoms with Gasteiger partial charge in [-0.25, -0.2) is 0 Å². The molecule has 90 valence electrons. The Labute approximate surface area is 99.2 Å². The van der Waals surface area contributed by atoms with Crippen molar-refractivity contribution in [2.75, 3.05) is 6.61 Å². The van der Waals surface area contributed by atoms with Crippen LogP contribution in [0.25, 0.3) is 0 Å². The highest BCUT2D eigenvalue weighted by Gasteiger charge is 2.03. The number of unbranched alkanes of at least 4 members (excludes halogenated alkanes) is 4. The van der Waals surface area contributed by atoms with E-state index in [9.17, 15) is 4.79 Å². The fraction of sp³-hybridized carbons (Fsp3) is 0.917. The summed E-state index contributed by atoms with van der Waals surface area (Å²) in [5.74, 6) is -0.196. The maximum atomic E-state index is 10.5. The summed E-state index contributed by atoms with van der Waals surface area (Å²) in [5, 5.41) is 0.381. The summed E-state index contributed by atoms with van der Waals surface area (Å²) in [6.07, 6.45) is 8.51. The van der Waals surface area contributed by atoms with Gasteiger partial charge in [-0.2, -0.15) is 12.6 Å². The second kappa shape index (κ2) is 10.3. The molecule has 0 aromatic heterocycles. The molecule has 0 aromatic carbocycles. The molecule has 0 aliphatic heterocycles. The van der Waals surface area contributed by atoms with Crippen LogP contribution in [-0.2, 0) is 9.53 Å². The summed E-state index contributed by atoms with van der Waals surface area (Å²) in [6.45, 7) is 4.18. The van der Waals surface area contributed by atoms with E-state index in [1.807, 2.05) is 0 Å². The number of esters is 1. The Kier molecular flexibility index (Phi) is 10.2. The molecule has 0 aliphatic carbocycles. The summed E-state index contributed by atoms with van der Waals surface area (Å²) >= 11 is 4.47. The topological polar surface area (TPSA) is 26.3 Å². The zero-order valence-electron chi connectivity index (χ0n) is 10.00. The normalized spacial score (nSPS) is 12.5. The molecule has 3 heteroatoms. The van der Waals surface area contributed by atoms with Crippen molar-refractivity contribution >= 4 is 18.6 Å². The minimum atomic E-state index is -0.196. The van der Waals surface area contributed by atoms with E-state index in [0.29, 0.717) is 11.9 Å². The van der Waals surface area contributed by atoms with E-state index >= 15 is 0 Å². The zero-order chi connectivity index (χ0) is 11.5. The Morgan fingerprint density at radius 1 is 1.20 bits per heavy atom. The first-order chi connectivity index (χ1) is 7.16. The van der Waals surface area contributed by atoms with Crippen LogP contribution in [0.3, 0.4) is 0 Å². The monoisotopic (exact) mass is 232 g/mol. The van der Waals surface area contributed by atoms with E-state index in [4.69, 9.17) is 4.74 Å². The molecule has 0 aromatic rings. The first kappa shape index (κ1) is 14.8. The first-order valence-electron chi connectivity index (χ1n) is 5.98. The Bertz CT molecular complexity index is 160. The van der Waals surface area contributed by atoms with Crippen LogP contribution in [0.2, 0.25) is 0 Å². The van der Waals surface area contributed by atoms with E-state index in [-0.39, 0.29) is 5.97 Å². The number of hydrogen-bond donors (Lipinski definition) is 1. The zero-order valence-corrected chi connectivity index (χ0v) is 10.9. The lowest BCUT2D eigenvalue weighted by Crippen LogP contribution is -2.07. The van der Waals surface area contributed by atoms with Gasteiger partial charge in [0.05, 0.1) is 6.61 Å². The Morgan fingerprint density at radius 2 is 1.87 bits per heavy atom. The van der Waals surface area contributed by atoms with Crippen molar-refractivity contribution in [2.45, 2.75) is 64.0 Å². The van der Waals surface area contributed by atoms with Crippen LogP contribution in [0.5, 0.6) is 0 Å². The van der Waals surface area contributed by atoms with Crippen molar-refractivity contribution in [2.24, 2.45) is 0 Å². The van der Waals surface area contributed by atoms with Gasteiger partial charge in [0.25, 0.3) is 0 Å². The van der Waals surface area contributed by atoms with E-state index in [2.05, 4.69) is 19.6 Å². The van der Waals surface area contributed by atoms with Crippen LogP contribution in [0.1, 0.15) is 58.8 Å². The number of rotatable bonds is 9. The Morgan fingerprint density at radius 3 is 2.47 bits per heavy atom. The van der Waals surface area contributed by atoms with Gasteiger partial charge in [0.15, 0.2) is 0 Å². The lowest BCUT2D eigenvalue weighted by atomic mass is 10.1. The molecule has 1 unspecified atom stereocenters. The number of hydrogen-bond acceptors (Lipinski definition) is 3. The van der Waals surface area contributed by atoms with E-state index < -0.39 is 0 Å². The molecule has 0 spiro atoms. The van der Waals surface area contributed by atoms with Crippen molar-refractivity contribution in [1.29, 1.82) is 0 Å². The third-order valence-electron chi connectivity index (χ3n) is 2.40. The maximum Gasteiger partial charge on any atom is 0.302 e. The van der Waals surface area contributed by atoms with Crippen molar-refractivity contribution in [3.63, 3.8) is 0 Å². The van der Waals surface area contributed by atoms with Gasteiger partial charge in [0.1, 0.15) is 0 Å². The second-order valence-electron chi connectivity index (χ2n) is 3.99. The Hall–Kier alpha value is -0.180. The Balaban J connectivity index is 3.18. The SMILES string of the molecule is CCCCCCCC(S)CCOC(C)=O. The highest BCUT2D eigenvalue weighted by atomic mass is 32.1. The largest absolute Gasteiger partial charge is 0.466 e. The van der Waals surface area contributed by atoms with Crippen LogP contribution in [-0.4, -0.2) is 17.8 Å². The standard InChI is InChI=1S/C12H24O2S/c1-3-4-5-6-7-8-12(15)9-10-14-11(2)13/h12,15H,3-10H2,1-2H3. The van der Waals surface area contributed by atoms with Gasteiger partial charge >= 0.3 is 5.97 Å². The number of ether oxygens (including phenoxy) is 1. The number of carbonyl (C=O) groups is 1. The molecule has 0 radical (unpaired) electrons. The summed E-state index contributed by atoms with van der Waals surface area (Å²) in [6, 6.07) is 0. The van der Waals surface area contributed by atoms with E-state index in [1.54, 1.807) is 0 Å². The molecule has 1 atom stereocenters. The average Bonchev–Trinajstić information content (AvgIpc) is 2.17. The van der Waals surface area contributed by atoms with Crippen LogP contribution >= 0.6 is 12.6 Å². The molecule has 0 aliphatic rings. The third kappa shape index (κ3) is 11.7. The fourth-order valence-electron chi connectivity index (χ4n) is 1.47.